The molecule has 0 saturated carbocycles. The highest BCUT2D eigenvalue weighted by Gasteiger charge is 2.40. The Morgan fingerprint density at radius 1 is 1.35 bits per heavy atom. The Morgan fingerprint density at radius 3 is 2.45 bits per heavy atom. The van der Waals surface area contributed by atoms with Crippen LogP contribution < -0.4 is 5.32 Å². The van der Waals surface area contributed by atoms with E-state index in [4.69, 9.17) is 0 Å². The van der Waals surface area contributed by atoms with E-state index in [9.17, 15) is 4.79 Å². The lowest BCUT2D eigenvalue weighted by atomic mass is 9.86. The summed E-state index contributed by atoms with van der Waals surface area (Å²) in [5.74, 6) is 1.62. The van der Waals surface area contributed by atoms with Crippen LogP contribution in [0.4, 0.5) is 0 Å². The van der Waals surface area contributed by atoms with Gasteiger partial charge >= 0.3 is 0 Å². The molecule has 0 radical (unpaired) electrons. The minimum Gasteiger partial charge on any atom is -0.316 e. The fourth-order valence-electron chi connectivity index (χ4n) is 3.22. The Balaban J connectivity index is 1.90. The van der Waals surface area contributed by atoms with Crippen LogP contribution in [0.1, 0.15) is 33.1 Å². The van der Waals surface area contributed by atoms with Crippen molar-refractivity contribution in [3.63, 3.8) is 0 Å². The number of allylic oxidation sites excluding steroid dienone is 2. The monoisotopic (exact) mass is 276 g/mol. The molecular weight excluding hydrogens is 250 g/mol. The van der Waals surface area contributed by atoms with E-state index >= 15 is 0 Å². The van der Waals surface area contributed by atoms with Crippen LogP contribution in [0.5, 0.6) is 0 Å². The van der Waals surface area contributed by atoms with Crippen LogP contribution in [0.3, 0.4) is 0 Å². The summed E-state index contributed by atoms with van der Waals surface area (Å²) in [7, 11) is 0. The molecule has 0 aromatic carbocycles. The topological polar surface area (TPSA) is 41.5 Å². The number of nitrogens with zero attached hydrogens (tertiary/aromatic N) is 2. The first-order valence-electron chi connectivity index (χ1n) is 7.54. The van der Waals surface area contributed by atoms with E-state index in [1.165, 1.54) is 19.3 Å². The molecule has 3 saturated heterocycles. The van der Waals surface area contributed by atoms with E-state index in [1.807, 2.05) is 19.9 Å². The first-order valence-corrected chi connectivity index (χ1v) is 7.54. The summed E-state index contributed by atoms with van der Waals surface area (Å²) in [5.41, 5.74) is 0.874. The summed E-state index contributed by atoms with van der Waals surface area (Å²) in [6, 6.07) is 0. The van der Waals surface area contributed by atoms with Crippen LogP contribution in [0.25, 0.3) is 0 Å². The van der Waals surface area contributed by atoms with Crippen molar-refractivity contribution in [3.05, 3.63) is 24.0 Å². The third-order valence-electron chi connectivity index (χ3n) is 4.48. The van der Waals surface area contributed by atoms with Crippen molar-refractivity contribution in [3.8, 4) is 0 Å². The molecule has 0 spiro atoms. The molecule has 4 heteroatoms. The van der Waals surface area contributed by atoms with E-state index in [0.29, 0.717) is 12.4 Å². The number of quaternary nitrogens is 1. The zero-order chi connectivity index (χ0) is 14.6. The van der Waals surface area contributed by atoms with Crippen LogP contribution in [0.15, 0.2) is 29.0 Å². The molecule has 0 aromatic heterocycles. The van der Waals surface area contributed by atoms with Gasteiger partial charge in [0.15, 0.2) is 6.54 Å². The van der Waals surface area contributed by atoms with Gasteiger partial charge < -0.3 is 9.80 Å². The van der Waals surface area contributed by atoms with E-state index in [0.717, 1.165) is 35.6 Å². The summed E-state index contributed by atoms with van der Waals surface area (Å²) >= 11 is 0. The van der Waals surface area contributed by atoms with E-state index < -0.39 is 0 Å². The average Bonchev–Trinajstić information content (AvgIpc) is 2.44. The number of fused-ring (bicyclic) bond motifs is 3. The third kappa shape index (κ3) is 3.79. The fraction of sp³-hybridized carbons (Fsp3) is 0.625. The van der Waals surface area contributed by atoms with Crippen molar-refractivity contribution in [1.82, 2.24) is 5.32 Å². The lowest BCUT2D eigenvalue weighted by molar-refractivity contribution is -0.935. The minimum atomic E-state index is 0.0808. The zero-order valence-corrected chi connectivity index (χ0v) is 12.7. The molecule has 3 fully saturated rings. The van der Waals surface area contributed by atoms with Crippen molar-refractivity contribution < 1.29 is 9.28 Å². The molecule has 3 heterocycles. The predicted molar refractivity (Wildman–Crippen MR) is 82.3 cm³/mol. The van der Waals surface area contributed by atoms with Gasteiger partial charge in [0.05, 0.1) is 19.6 Å². The Kier molecular flexibility index (Phi) is 4.76. The van der Waals surface area contributed by atoms with Gasteiger partial charge in [0.1, 0.15) is 5.82 Å². The lowest BCUT2D eigenvalue weighted by Gasteiger charge is -2.48. The molecule has 110 valence electrons. The summed E-state index contributed by atoms with van der Waals surface area (Å²) in [6.45, 7) is 11.6. The Bertz CT molecular complexity index is 429. The Hall–Kier alpha value is -1.42. The highest BCUT2D eigenvalue weighted by Crippen LogP contribution is 2.33. The third-order valence-corrected chi connectivity index (χ3v) is 4.48. The van der Waals surface area contributed by atoms with Gasteiger partial charge in [-0.25, -0.2) is 4.99 Å². The van der Waals surface area contributed by atoms with E-state index in [1.54, 1.807) is 6.21 Å². The average molecular weight is 276 g/mol. The van der Waals surface area contributed by atoms with Gasteiger partial charge in [0, 0.05) is 6.21 Å². The molecule has 20 heavy (non-hydrogen) atoms. The first-order chi connectivity index (χ1) is 9.53. The van der Waals surface area contributed by atoms with Crippen LogP contribution in [-0.4, -0.2) is 42.8 Å². The number of hydrogen-bond donors (Lipinski definition) is 1. The molecule has 3 aliphatic rings. The first kappa shape index (κ1) is 15.0. The molecular formula is C16H26N3O+. The maximum Gasteiger partial charge on any atom is 0.280 e. The molecule has 3 rings (SSSR count). The van der Waals surface area contributed by atoms with E-state index in [-0.39, 0.29) is 5.91 Å². The van der Waals surface area contributed by atoms with Crippen LogP contribution in [0, 0.1) is 5.92 Å². The highest BCUT2D eigenvalue weighted by atomic mass is 16.2. The van der Waals surface area contributed by atoms with Gasteiger partial charge in [-0.2, -0.15) is 0 Å². The second kappa shape index (κ2) is 6.35. The molecule has 1 amide bonds. The van der Waals surface area contributed by atoms with Crippen molar-refractivity contribution in [2.45, 2.75) is 33.1 Å². The second-order valence-electron chi connectivity index (χ2n) is 6.23. The van der Waals surface area contributed by atoms with Crippen molar-refractivity contribution in [1.29, 1.82) is 0 Å². The number of carbonyl (C=O) groups excluding carboxylic acids is 1. The predicted octanol–water partition coefficient (Wildman–Crippen LogP) is 2.24. The highest BCUT2D eigenvalue weighted by molar-refractivity contribution is 5.81. The number of rotatable bonds is 5. The van der Waals surface area contributed by atoms with E-state index in [2.05, 4.69) is 16.9 Å². The van der Waals surface area contributed by atoms with Crippen molar-refractivity contribution in [2.24, 2.45) is 10.9 Å². The standard InChI is InChI=1S/C16H25N3O/c1-4-15(17-11-13(2)3)18-16(20)12-19-8-5-14(6-9-19)7-10-19/h4,11,14H,2,5-10,12H2,1,3H3/p+1/b15-4+,17-11-. The number of hydrogen-bond acceptors (Lipinski definition) is 2. The maximum atomic E-state index is 12.2. The lowest BCUT2D eigenvalue weighted by Crippen LogP contribution is -2.61. The SMILES string of the molecule is C=C(C)/C=N\C(=C/C)NC(=O)C[N+]12CCC(CC1)CC2. The van der Waals surface area contributed by atoms with Gasteiger partial charge in [-0.05, 0) is 50.7 Å². The number of amides is 1. The number of nitrogens with one attached hydrogen (secondary N) is 1. The number of aliphatic imine (C=N–C) groups is 1. The zero-order valence-electron chi connectivity index (χ0n) is 12.7. The van der Waals surface area contributed by atoms with Crippen molar-refractivity contribution >= 4 is 12.1 Å². The normalized spacial score (nSPS) is 29.7. The quantitative estimate of drug-likeness (QED) is 0.607. The van der Waals surface area contributed by atoms with Crippen LogP contribution in [0.2, 0.25) is 0 Å². The largest absolute Gasteiger partial charge is 0.316 e. The molecule has 0 atom stereocenters. The van der Waals surface area contributed by atoms with Crippen molar-refractivity contribution in [2.75, 3.05) is 26.2 Å². The Labute approximate surface area is 121 Å². The van der Waals surface area contributed by atoms with Gasteiger partial charge in [0.2, 0.25) is 0 Å². The number of piperidine rings is 3. The van der Waals surface area contributed by atoms with Crippen LogP contribution in [-0.2, 0) is 4.79 Å². The summed E-state index contributed by atoms with van der Waals surface area (Å²) in [4.78, 5) is 16.5. The molecule has 4 nitrogen and oxygen atoms in total. The van der Waals surface area contributed by atoms with Gasteiger partial charge in [-0.15, -0.1) is 0 Å². The van der Waals surface area contributed by atoms with Gasteiger partial charge in [-0.1, -0.05) is 6.58 Å². The fourth-order valence-corrected chi connectivity index (χ4v) is 3.22. The molecule has 0 unspecified atom stereocenters. The maximum absolute atomic E-state index is 12.2. The summed E-state index contributed by atoms with van der Waals surface area (Å²) in [5, 5.41) is 2.91. The number of carbonyl (C=O) groups is 1. The molecule has 3 aliphatic heterocycles. The smallest absolute Gasteiger partial charge is 0.280 e. The summed E-state index contributed by atoms with van der Waals surface area (Å²) in [6.07, 6.45) is 7.36. The van der Waals surface area contributed by atoms with Gasteiger partial charge in [0.25, 0.3) is 5.91 Å². The minimum absolute atomic E-state index is 0.0808. The summed E-state index contributed by atoms with van der Waals surface area (Å²) < 4.78 is 0.976. The van der Waals surface area contributed by atoms with Gasteiger partial charge in [-0.3, -0.25) is 4.79 Å². The molecule has 2 bridgehead atoms. The second-order valence-corrected chi connectivity index (χ2v) is 6.23. The van der Waals surface area contributed by atoms with Crippen LogP contribution >= 0.6 is 0 Å². The Morgan fingerprint density at radius 2 is 1.95 bits per heavy atom. The molecule has 0 aliphatic carbocycles. The molecule has 1 N–H and O–H groups in total. The molecule has 0 aromatic rings.